The normalized spacial score (nSPS) is 21.7. The molecule has 8 heteroatoms. The van der Waals surface area contributed by atoms with E-state index in [1.807, 2.05) is 0 Å². The molecule has 0 bridgehead atoms. The highest BCUT2D eigenvalue weighted by Gasteiger charge is 2.44. The van der Waals surface area contributed by atoms with E-state index in [-0.39, 0.29) is 23.7 Å². The lowest BCUT2D eigenvalue weighted by molar-refractivity contribution is 0.456. The average Bonchev–Trinajstić information content (AvgIpc) is 2.15. The number of allylic oxidation sites excluding steroid dienone is 8. The molecule has 8 nitrogen and oxygen atoms in total. The topological polar surface area (TPSA) is 83.0 Å². The van der Waals surface area contributed by atoms with Gasteiger partial charge in [0.15, 0.2) is 6.17 Å². The number of para-hydroxylation sites is 1. The van der Waals surface area contributed by atoms with E-state index in [4.69, 9.17) is 15.0 Å². The highest BCUT2D eigenvalue weighted by Crippen LogP contribution is 2.59. The van der Waals surface area contributed by atoms with E-state index >= 15 is 0 Å². The van der Waals surface area contributed by atoms with Crippen LogP contribution in [-0.4, -0.2) is 39.0 Å². The Balaban J connectivity index is 0.956. The van der Waals surface area contributed by atoms with Gasteiger partial charge in [-0.15, -0.1) is 0 Å². The number of fused-ring (bicyclic) bond motifs is 12. The zero-order valence-corrected chi connectivity index (χ0v) is 47.1. The van der Waals surface area contributed by atoms with Crippen LogP contribution < -0.4 is 16.0 Å². The molecule has 0 saturated heterocycles. The summed E-state index contributed by atoms with van der Waals surface area (Å²) in [6.07, 6.45) is 25.2. The average molecular weight is 1080 g/mol. The summed E-state index contributed by atoms with van der Waals surface area (Å²) < 4.78 is 5.44. The predicted molar refractivity (Wildman–Crippen MR) is 344 cm³/mol. The number of nitrogens with zero attached hydrogens (tertiary/aromatic N) is 5. The molecule has 7 aliphatic rings. The third-order valence-electron chi connectivity index (χ3n) is 18.6. The number of hydrogen-bond donors (Lipinski definition) is 3. The maximum Gasteiger partial charge on any atom is 0.169 e. The molecule has 0 saturated carbocycles. The van der Waals surface area contributed by atoms with Gasteiger partial charge in [-0.3, -0.25) is 5.32 Å². The van der Waals surface area contributed by atoms with Gasteiger partial charge in [0.25, 0.3) is 0 Å². The van der Waals surface area contributed by atoms with Crippen LogP contribution in [0.1, 0.15) is 110 Å². The molecule has 2 aliphatic heterocycles. The van der Waals surface area contributed by atoms with Crippen LogP contribution in [0.2, 0.25) is 0 Å². The van der Waals surface area contributed by atoms with Crippen LogP contribution in [-0.2, 0) is 18.3 Å². The first-order valence-corrected chi connectivity index (χ1v) is 30.1. The number of aryl methyl sites for hydroxylation is 1. The number of nitrogens with one attached hydrogen (secondary N) is 3. The molecule has 4 atom stereocenters. The van der Waals surface area contributed by atoms with Crippen molar-refractivity contribution >= 4 is 67.2 Å². The lowest BCUT2D eigenvalue weighted by atomic mass is 9.80. The molecule has 4 unspecified atom stereocenters. The van der Waals surface area contributed by atoms with Gasteiger partial charge in [-0.05, 0) is 114 Å². The van der Waals surface area contributed by atoms with Gasteiger partial charge in [-0.2, -0.15) is 0 Å². The molecule has 0 spiro atoms. The maximum absolute atomic E-state index is 5.62. The molecule has 2 aromatic heterocycles. The highest BCUT2D eigenvalue weighted by atomic mass is 15.3. The minimum absolute atomic E-state index is 0.124. The van der Waals surface area contributed by atoms with Crippen molar-refractivity contribution in [2.45, 2.75) is 95.5 Å². The molecule has 0 amide bonds. The Morgan fingerprint density at radius 2 is 1.31 bits per heavy atom. The van der Waals surface area contributed by atoms with Crippen molar-refractivity contribution in [2.75, 3.05) is 0 Å². The summed E-state index contributed by atoms with van der Waals surface area (Å²) in [5.41, 5.74) is 22.7. The van der Waals surface area contributed by atoms with E-state index in [2.05, 4.69) is 251 Å². The van der Waals surface area contributed by atoms with Gasteiger partial charge in [0, 0.05) is 66.8 Å². The van der Waals surface area contributed by atoms with E-state index in [0.29, 0.717) is 0 Å². The monoisotopic (exact) mass is 1080 g/mol. The Bertz CT molecular complexity index is 4400. The van der Waals surface area contributed by atoms with Crippen molar-refractivity contribution in [3.8, 4) is 11.1 Å². The van der Waals surface area contributed by atoms with Crippen LogP contribution >= 0.6 is 0 Å². The summed E-state index contributed by atoms with van der Waals surface area (Å²) in [4.78, 5) is 16.5. The van der Waals surface area contributed by atoms with Crippen molar-refractivity contribution in [3.05, 3.63) is 268 Å². The summed E-state index contributed by atoms with van der Waals surface area (Å²) >= 11 is 0. The van der Waals surface area contributed by atoms with E-state index in [0.717, 1.165) is 84.7 Å². The standard InChI is InChI=1S/C75H66N8/c1-75(2)59-40-21-18-37-55(59)63-66(75)64-56-38-19-23-42-61(56)83(68(64)65-57-39-20-22-41-60(57)82(67(63)65)54-35-16-7-17-36-54)62-44-43-53(73-77-69(48-27-10-4-11-28-48)76-70(78-73)49-29-12-5-13-30-49)46-58(62)74-80-71(50-31-14-6-15-32-50)79-72(81-74)52-34-24-33-51(45-52)47-25-8-3-9-26-47/h3-6,8-16,18-19,21,23,25-33,35-38,40,42,44-46,53,69,72,74,81H,7,17,20,22,24,34,39,41,43H2,1-2H3,(H,79,80)(H,76,77,78). The van der Waals surface area contributed by atoms with Gasteiger partial charge in [0.2, 0.25) is 0 Å². The fourth-order valence-corrected chi connectivity index (χ4v) is 14.8. The molecule has 83 heavy (non-hydrogen) atoms. The van der Waals surface area contributed by atoms with Crippen molar-refractivity contribution in [1.29, 1.82) is 0 Å². The summed E-state index contributed by atoms with van der Waals surface area (Å²) in [5.74, 6) is 2.48. The summed E-state index contributed by atoms with van der Waals surface area (Å²) in [6.45, 7) is 4.95. The van der Waals surface area contributed by atoms with Crippen LogP contribution in [0.4, 0.5) is 0 Å². The van der Waals surface area contributed by atoms with Crippen molar-refractivity contribution < 1.29 is 0 Å². The van der Waals surface area contributed by atoms with Crippen molar-refractivity contribution in [1.82, 2.24) is 25.1 Å². The minimum Gasteiger partial charge on any atom is -0.350 e. The van der Waals surface area contributed by atoms with Gasteiger partial charge in [-0.1, -0.05) is 214 Å². The Hall–Kier alpha value is -9.11. The largest absolute Gasteiger partial charge is 0.350 e. The second-order valence-corrected chi connectivity index (χ2v) is 23.9. The van der Waals surface area contributed by atoms with Crippen LogP contribution in [0, 0.1) is 5.92 Å². The first-order valence-electron chi connectivity index (χ1n) is 30.1. The lowest BCUT2D eigenvalue weighted by Gasteiger charge is -2.38. The molecule has 9 aromatic rings. The molecule has 406 valence electrons. The van der Waals surface area contributed by atoms with E-state index in [1.54, 1.807) is 0 Å². The van der Waals surface area contributed by atoms with E-state index in [1.165, 1.54) is 107 Å². The fraction of sp³-hybridized carbons (Fsp3) is 0.213. The molecule has 5 aliphatic carbocycles. The van der Waals surface area contributed by atoms with E-state index in [9.17, 15) is 0 Å². The first-order chi connectivity index (χ1) is 40.9. The fourth-order valence-electron chi connectivity index (χ4n) is 14.8. The lowest BCUT2D eigenvalue weighted by Crippen LogP contribution is -2.56. The minimum atomic E-state index is -0.411. The number of benzene rings is 7. The zero-order chi connectivity index (χ0) is 55.2. The Labute approximate surface area is 485 Å². The van der Waals surface area contributed by atoms with Crippen LogP contribution in [0.5, 0.6) is 0 Å². The van der Waals surface area contributed by atoms with Crippen LogP contribution in [0.3, 0.4) is 0 Å². The molecule has 0 fully saturated rings. The third-order valence-corrected chi connectivity index (χ3v) is 18.6. The number of aromatic nitrogens is 2. The SMILES string of the molecule is CC1(C)c2ccccc2-c2c1c1c3ccccc3n(C3=CCC(C4=NC(c5ccccc5)N=C(c5ccccc5)N4)C=C3C3NC(c4ccccc4)=NC(C4=CC(c5ccccc5)=CCC4)N3)c1c1c3c(n(C4=CCCC=C4)c21)CCCC3. The smallest absolute Gasteiger partial charge is 0.169 e. The van der Waals surface area contributed by atoms with Gasteiger partial charge in [0.05, 0.1) is 16.6 Å². The van der Waals surface area contributed by atoms with Crippen LogP contribution in [0.25, 0.3) is 60.8 Å². The second kappa shape index (κ2) is 20.1. The third kappa shape index (κ3) is 8.24. The molecule has 16 rings (SSSR count). The van der Waals surface area contributed by atoms with Crippen molar-refractivity contribution in [3.63, 3.8) is 0 Å². The molecule has 7 aromatic carbocycles. The summed E-state index contributed by atoms with van der Waals surface area (Å²) in [7, 11) is 0. The van der Waals surface area contributed by atoms with Crippen LogP contribution in [0.15, 0.2) is 239 Å². The van der Waals surface area contributed by atoms with Gasteiger partial charge < -0.3 is 19.8 Å². The predicted octanol–water partition coefficient (Wildman–Crippen LogP) is 16.2. The quantitative estimate of drug-likeness (QED) is 0.135. The summed E-state index contributed by atoms with van der Waals surface area (Å²) in [5, 5.41) is 16.2. The number of aliphatic imine (C=N–C) groups is 3. The molecule has 0 radical (unpaired) electrons. The molecule has 3 N–H and O–H groups in total. The highest BCUT2D eigenvalue weighted by molar-refractivity contribution is 6.27. The molecular weight excluding hydrogens is 1010 g/mol. The number of hydrogen-bond acceptors (Lipinski definition) is 6. The van der Waals surface area contributed by atoms with Gasteiger partial charge in [0.1, 0.15) is 29.8 Å². The summed E-state index contributed by atoms with van der Waals surface area (Å²) in [6, 6.07) is 61.2. The van der Waals surface area contributed by atoms with Gasteiger partial charge >= 0.3 is 0 Å². The Morgan fingerprint density at radius 3 is 2.10 bits per heavy atom. The molecule has 4 heterocycles. The number of amidine groups is 3. The Morgan fingerprint density at radius 1 is 0.602 bits per heavy atom. The van der Waals surface area contributed by atoms with Gasteiger partial charge in [-0.25, -0.2) is 15.0 Å². The second-order valence-electron chi connectivity index (χ2n) is 23.9. The first kappa shape index (κ1) is 49.7. The van der Waals surface area contributed by atoms with E-state index < -0.39 is 6.17 Å². The van der Waals surface area contributed by atoms with Crippen molar-refractivity contribution in [2.24, 2.45) is 20.9 Å². The zero-order valence-electron chi connectivity index (χ0n) is 47.1. The number of rotatable bonds is 9. The maximum atomic E-state index is 5.62. The molecular formula is C75H66N8. The Kier molecular flexibility index (Phi) is 12.0.